The molecule has 1 aromatic carbocycles. The Morgan fingerprint density at radius 3 is 2.58 bits per heavy atom. The number of benzene rings is 1. The molecule has 0 aliphatic rings. The van der Waals surface area contributed by atoms with Crippen LogP contribution in [0.5, 0.6) is 0 Å². The number of nitro groups is 1. The predicted molar refractivity (Wildman–Crippen MR) is 81.3 cm³/mol. The normalized spacial score (nSPS) is 13.5. The lowest BCUT2D eigenvalue weighted by Crippen LogP contribution is -2.33. The van der Waals surface area contributed by atoms with Gasteiger partial charge in [-0.25, -0.2) is 9.37 Å². The van der Waals surface area contributed by atoms with Crippen molar-refractivity contribution in [2.24, 2.45) is 5.73 Å². The monoisotopic (exact) mass is 356 g/mol. The molecule has 0 saturated heterocycles. The van der Waals surface area contributed by atoms with E-state index < -0.39 is 35.0 Å². The number of carboxylic acids is 1. The molecule has 0 aliphatic heterocycles. The Balaban J connectivity index is 2.36. The van der Waals surface area contributed by atoms with Crippen molar-refractivity contribution in [1.29, 1.82) is 0 Å². The van der Waals surface area contributed by atoms with E-state index in [1.54, 1.807) is 0 Å². The van der Waals surface area contributed by atoms with E-state index in [9.17, 15) is 23.9 Å². The Morgan fingerprint density at radius 2 is 2.08 bits per heavy atom. The van der Waals surface area contributed by atoms with Crippen molar-refractivity contribution >= 4 is 23.0 Å². The second-order valence-corrected chi connectivity index (χ2v) is 6.08. The molecule has 0 saturated carbocycles. The number of carbonyl (C=O) groups is 1. The molecule has 2 atom stereocenters. The van der Waals surface area contributed by atoms with Gasteiger partial charge < -0.3 is 15.4 Å². The Morgan fingerprint density at radius 1 is 1.46 bits per heavy atom. The van der Waals surface area contributed by atoms with Crippen LogP contribution < -0.4 is 5.73 Å². The smallest absolute Gasteiger partial charge is 0.320 e. The van der Waals surface area contributed by atoms with Gasteiger partial charge in [-0.3, -0.25) is 14.9 Å². The van der Waals surface area contributed by atoms with E-state index >= 15 is 0 Å². The number of hydrogen-bond donors (Lipinski definition) is 2. The maximum atomic E-state index is 13.1. The molecule has 128 valence electrons. The fourth-order valence-corrected chi connectivity index (χ4v) is 3.15. The molecule has 0 spiro atoms. The summed E-state index contributed by atoms with van der Waals surface area (Å²) in [5.74, 6) is -1.41. The summed E-state index contributed by atoms with van der Waals surface area (Å²) in [4.78, 5) is 24.9. The number of aromatic nitrogens is 2. The highest BCUT2D eigenvalue weighted by Crippen LogP contribution is 2.22. The topological polar surface area (TPSA) is 147 Å². The van der Waals surface area contributed by atoms with Gasteiger partial charge in [0.1, 0.15) is 17.4 Å². The molecule has 11 heteroatoms. The molecule has 2 aromatic rings. The van der Waals surface area contributed by atoms with Crippen molar-refractivity contribution in [2.75, 3.05) is 0 Å². The third-order valence-electron chi connectivity index (χ3n) is 3.14. The van der Waals surface area contributed by atoms with Crippen LogP contribution in [0.4, 0.5) is 10.1 Å². The largest absolute Gasteiger partial charge is 0.587 e. The number of nitrogens with zero attached hydrogens (tertiary/aromatic N) is 3. The van der Waals surface area contributed by atoms with Gasteiger partial charge in [-0.2, -0.15) is 0 Å². The van der Waals surface area contributed by atoms with E-state index in [0.717, 1.165) is 3.97 Å². The van der Waals surface area contributed by atoms with E-state index in [2.05, 4.69) is 4.98 Å². The molecule has 1 aromatic heterocycles. The molecule has 24 heavy (non-hydrogen) atoms. The summed E-state index contributed by atoms with van der Waals surface area (Å²) in [7, 11) is 0. The van der Waals surface area contributed by atoms with Crippen LogP contribution in [0, 0.1) is 10.1 Å². The molecular weight excluding hydrogens is 343 g/mol. The third-order valence-corrected chi connectivity index (χ3v) is 4.59. The van der Waals surface area contributed by atoms with E-state index in [0.29, 0.717) is 0 Å². The highest BCUT2D eigenvalue weighted by molar-refractivity contribution is 7.90. The number of halogens is 1. The number of non-ortho nitro benzene ring substituents is 1. The average molecular weight is 356 g/mol. The average Bonchev–Trinajstić information content (AvgIpc) is 2.96. The molecule has 1 heterocycles. The molecule has 0 bridgehead atoms. The molecule has 9 nitrogen and oxygen atoms in total. The summed E-state index contributed by atoms with van der Waals surface area (Å²) >= 11 is -1.95. The SMILES string of the molecule is NC(Cc1cnc(CF)n1[S+]([O-])c1ccc([N+](=O)[O-])cc1)C(=O)O. The quantitative estimate of drug-likeness (QED) is 0.423. The summed E-state index contributed by atoms with van der Waals surface area (Å²) in [5, 5.41) is 19.5. The second-order valence-electron chi connectivity index (χ2n) is 4.74. The van der Waals surface area contributed by atoms with Crippen LogP contribution in [-0.4, -0.2) is 35.6 Å². The maximum absolute atomic E-state index is 13.1. The number of nitro benzene ring substituents is 1. The molecule has 0 fully saturated rings. The highest BCUT2D eigenvalue weighted by atomic mass is 32.2. The Bertz CT molecular complexity index is 751. The summed E-state index contributed by atoms with van der Waals surface area (Å²) in [6, 6.07) is 3.62. The third kappa shape index (κ3) is 3.69. The minimum absolute atomic E-state index is 0.153. The lowest BCUT2D eigenvalue weighted by atomic mass is 10.2. The van der Waals surface area contributed by atoms with Gasteiger partial charge in [0.2, 0.25) is 0 Å². The van der Waals surface area contributed by atoms with Gasteiger partial charge in [0, 0.05) is 30.7 Å². The lowest BCUT2D eigenvalue weighted by molar-refractivity contribution is -0.384. The molecule has 2 unspecified atom stereocenters. The van der Waals surface area contributed by atoms with E-state index in [1.807, 2.05) is 0 Å². The molecular formula is C13H13FN4O5S. The van der Waals surface area contributed by atoms with Crippen molar-refractivity contribution < 1.29 is 23.8 Å². The van der Waals surface area contributed by atoms with Crippen molar-refractivity contribution in [3.8, 4) is 0 Å². The molecule has 2 rings (SSSR count). The standard InChI is InChI=1S/C13H13FN4O5S/c14-6-12-16-7-9(5-11(15)13(19)20)17(12)24(23)10-3-1-8(2-4-10)18(21)22/h1-4,7,11H,5-6,15H2,(H,19,20). The zero-order valence-electron chi connectivity index (χ0n) is 12.2. The summed E-state index contributed by atoms with van der Waals surface area (Å²) in [5.41, 5.74) is 5.46. The highest BCUT2D eigenvalue weighted by Gasteiger charge is 2.26. The fourth-order valence-electron chi connectivity index (χ4n) is 1.95. The summed E-state index contributed by atoms with van der Waals surface area (Å²) in [6.45, 7) is -1.01. The lowest BCUT2D eigenvalue weighted by Gasteiger charge is -2.15. The Kier molecular flexibility index (Phi) is 5.49. The van der Waals surface area contributed by atoms with Crippen molar-refractivity contribution in [3.05, 3.63) is 52.1 Å². The van der Waals surface area contributed by atoms with Crippen LogP contribution in [0.15, 0.2) is 35.4 Å². The van der Waals surface area contributed by atoms with Gasteiger partial charge in [0.05, 0.1) is 16.8 Å². The first-order chi connectivity index (χ1) is 11.3. The number of hydrogen-bond acceptors (Lipinski definition) is 6. The van der Waals surface area contributed by atoms with Gasteiger partial charge in [0.15, 0.2) is 17.4 Å². The van der Waals surface area contributed by atoms with E-state index in [-0.39, 0.29) is 28.5 Å². The first kappa shape index (κ1) is 17.8. The van der Waals surface area contributed by atoms with Gasteiger partial charge in [-0.15, -0.1) is 3.97 Å². The van der Waals surface area contributed by atoms with Crippen LogP contribution in [0.3, 0.4) is 0 Å². The van der Waals surface area contributed by atoms with Crippen molar-refractivity contribution in [2.45, 2.75) is 24.0 Å². The number of aliphatic carboxylic acids is 1. The zero-order valence-corrected chi connectivity index (χ0v) is 13.0. The van der Waals surface area contributed by atoms with Crippen LogP contribution >= 0.6 is 0 Å². The van der Waals surface area contributed by atoms with Crippen molar-refractivity contribution in [3.63, 3.8) is 0 Å². The first-order valence-electron chi connectivity index (χ1n) is 6.61. The summed E-state index contributed by atoms with van der Waals surface area (Å²) in [6.07, 6.45) is 1.02. The van der Waals surface area contributed by atoms with Gasteiger partial charge in [0.25, 0.3) is 5.69 Å². The molecule has 0 radical (unpaired) electrons. The zero-order chi connectivity index (χ0) is 17.9. The summed E-state index contributed by atoms with van der Waals surface area (Å²) < 4.78 is 26.8. The minimum atomic E-state index is -1.95. The number of rotatable bonds is 7. The van der Waals surface area contributed by atoms with E-state index in [1.165, 1.54) is 30.5 Å². The maximum Gasteiger partial charge on any atom is 0.320 e. The van der Waals surface area contributed by atoms with Crippen LogP contribution in [0.2, 0.25) is 0 Å². The van der Waals surface area contributed by atoms with Gasteiger partial charge in [-0.1, -0.05) is 0 Å². The van der Waals surface area contributed by atoms with Gasteiger partial charge in [-0.05, 0) is 0 Å². The Hall–Kier alpha value is -2.50. The number of alkyl halides is 1. The molecule has 0 aliphatic carbocycles. The predicted octanol–water partition coefficient (Wildman–Crippen LogP) is 0.786. The Labute approximate surface area is 138 Å². The fraction of sp³-hybridized carbons (Fsp3) is 0.231. The van der Waals surface area contributed by atoms with Crippen molar-refractivity contribution in [1.82, 2.24) is 8.96 Å². The number of carboxylic acid groups (broad SMARTS) is 1. The van der Waals surface area contributed by atoms with Crippen LogP contribution in [-0.2, 0) is 29.3 Å². The number of imidazole rings is 1. The second kappa shape index (κ2) is 7.38. The first-order valence-corrected chi connectivity index (χ1v) is 7.72. The molecule has 0 amide bonds. The minimum Gasteiger partial charge on any atom is -0.587 e. The molecule has 3 N–H and O–H groups in total. The van der Waals surface area contributed by atoms with Crippen LogP contribution in [0.1, 0.15) is 11.5 Å². The van der Waals surface area contributed by atoms with Gasteiger partial charge >= 0.3 is 5.97 Å². The van der Waals surface area contributed by atoms with Crippen LogP contribution in [0.25, 0.3) is 0 Å². The van der Waals surface area contributed by atoms with E-state index in [4.69, 9.17) is 10.8 Å². The number of nitrogens with two attached hydrogens (primary N) is 1.